The Kier molecular flexibility index (Phi) is 8.16. The summed E-state index contributed by atoms with van der Waals surface area (Å²) in [7, 11) is -4.97. The lowest BCUT2D eigenvalue weighted by atomic mass is 10.2. The number of nitrogens with zero attached hydrogens (tertiary/aromatic N) is 1. The molecule has 172 valence electrons. The molecule has 1 heterocycles. The fourth-order valence-electron chi connectivity index (χ4n) is 3.38. The van der Waals surface area contributed by atoms with E-state index in [1.807, 2.05) is 0 Å². The first-order valence-corrected chi connectivity index (χ1v) is 13.1. The van der Waals surface area contributed by atoms with E-state index in [0.29, 0.717) is 23.7 Å². The van der Waals surface area contributed by atoms with Crippen molar-refractivity contribution >= 4 is 38.4 Å². The topological polar surface area (TPSA) is 110 Å². The Balaban J connectivity index is 1.63. The molecule has 2 aromatic rings. The largest absolute Gasteiger partial charge is 0.452 e. The van der Waals surface area contributed by atoms with Gasteiger partial charge in [0.25, 0.3) is 5.91 Å². The van der Waals surface area contributed by atoms with Crippen LogP contribution >= 0.6 is 0 Å². The molecule has 1 atom stereocenters. The van der Waals surface area contributed by atoms with Gasteiger partial charge in [0.1, 0.15) is 0 Å². The smallest absolute Gasteiger partial charge is 0.339 e. The molecule has 0 radical (unpaired) electrons. The van der Waals surface area contributed by atoms with E-state index < -0.39 is 39.3 Å². The van der Waals surface area contributed by atoms with E-state index in [1.54, 1.807) is 37.3 Å². The molecule has 0 bridgehead atoms. The summed E-state index contributed by atoms with van der Waals surface area (Å²) >= 11 is 0. The molecule has 32 heavy (non-hydrogen) atoms. The van der Waals surface area contributed by atoms with Crippen LogP contribution in [0, 0.1) is 0 Å². The van der Waals surface area contributed by atoms with Crippen LogP contribution in [0.3, 0.4) is 0 Å². The third kappa shape index (κ3) is 5.81. The molecule has 0 aromatic heterocycles. The van der Waals surface area contributed by atoms with Crippen LogP contribution in [0.5, 0.6) is 0 Å². The number of ether oxygens (including phenoxy) is 1. The number of carbonyl (C=O) groups is 2. The van der Waals surface area contributed by atoms with Gasteiger partial charge in [-0.25, -0.2) is 13.2 Å². The van der Waals surface area contributed by atoms with Gasteiger partial charge in [0.15, 0.2) is 6.61 Å². The number of hydrogen-bond acceptors (Lipinski definition) is 6. The number of nitrogens with one attached hydrogen (secondary N) is 1. The predicted molar refractivity (Wildman–Crippen MR) is 121 cm³/mol. The summed E-state index contributed by atoms with van der Waals surface area (Å²) in [6.45, 7) is 2.15. The van der Waals surface area contributed by atoms with Crippen molar-refractivity contribution in [1.29, 1.82) is 0 Å². The highest BCUT2D eigenvalue weighted by atomic mass is 32.2. The van der Waals surface area contributed by atoms with Gasteiger partial charge in [-0.1, -0.05) is 31.5 Å². The number of sulfonamides is 1. The van der Waals surface area contributed by atoms with E-state index in [0.717, 1.165) is 19.3 Å². The lowest BCUT2D eigenvalue weighted by Gasteiger charge is -2.26. The molecule has 1 saturated heterocycles. The summed E-state index contributed by atoms with van der Waals surface area (Å²) in [5, 5.41) is 2.55. The lowest BCUT2D eigenvalue weighted by molar-refractivity contribution is -0.119. The summed E-state index contributed by atoms with van der Waals surface area (Å²) in [6.07, 6.45) is 2.67. The summed E-state index contributed by atoms with van der Waals surface area (Å²) in [4.78, 5) is 25.1. The second-order valence-electron chi connectivity index (χ2n) is 7.25. The van der Waals surface area contributed by atoms with Crippen molar-refractivity contribution in [3.63, 3.8) is 0 Å². The van der Waals surface area contributed by atoms with Gasteiger partial charge in [0.2, 0.25) is 10.0 Å². The summed E-state index contributed by atoms with van der Waals surface area (Å²) < 4.78 is 44.3. The molecule has 8 nitrogen and oxygen atoms in total. The number of piperidine rings is 1. The second-order valence-corrected chi connectivity index (χ2v) is 10.9. The first kappa shape index (κ1) is 24.1. The van der Waals surface area contributed by atoms with E-state index in [2.05, 4.69) is 5.32 Å². The fourth-order valence-corrected chi connectivity index (χ4v) is 5.89. The highest BCUT2D eigenvalue weighted by Crippen LogP contribution is 2.23. The minimum absolute atomic E-state index is 0.102. The minimum atomic E-state index is -3.63. The van der Waals surface area contributed by atoms with Crippen LogP contribution in [-0.2, 0) is 30.4 Å². The highest BCUT2D eigenvalue weighted by Gasteiger charge is 2.26. The van der Waals surface area contributed by atoms with E-state index in [-0.39, 0.29) is 16.1 Å². The predicted octanol–water partition coefficient (Wildman–Crippen LogP) is 2.78. The van der Waals surface area contributed by atoms with Crippen LogP contribution in [0.1, 0.15) is 36.5 Å². The van der Waals surface area contributed by atoms with E-state index in [4.69, 9.17) is 4.74 Å². The Morgan fingerprint density at radius 3 is 2.50 bits per heavy atom. The van der Waals surface area contributed by atoms with Crippen molar-refractivity contribution < 1.29 is 27.0 Å². The number of carbonyl (C=O) groups excluding carboxylic acids is 2. The SMILES string of the molecule is CC[S@@](=O)c1ccccc1C(=O)OCC(=O)Nc1cccc(S(=O)(=O)N2CCCCC2)c1. The summed E-state index contributed by atoms with van der Waals surface area (Å²) in [5.41, 5.74) is 0.437. The van der Waals surface area contributed by atoms with E-state index in [9.17, 15) is 22.2 Å². The molecule has 0 saturated carbocycles. The standard InChI is InChI=1S/C22H26N2O6S2/c1-2-31(27)20-12-5-4-11-19(20)22(26)30-16-21(25)23-17-9-8-10-18(15-17)32(28,29)24-13-6-3-7-14-24/h4-5,8-12,15H,2-3,6-7,13-14,16H2,1H3,(H,23,25)/t31-/m1/s1. The van der Waals surface area contributed by atoms with Gasteiger partial charge in [-0.05, 0) is 43.2 Å². The highest BCUT2D eigenvalue weighted by molar-refractivity contribution is 7.89. The Hall–Kier alpha value is -2.56. The first-order chi connectivity index (χ1) is 15.3. The van der Waals surface area contributed by atoms with Crippen LogP contribution in [0.25, 0.3) is 0 Å². The van der Waals surface area contributed by atoms with Gasteiger partial charge < -0.3 is 10.1 Å². The molecule has 10 heteroatoms. The average Bonchev–Trinajstić information content (AvgIpc) is 2.82. The molecule has 1 aliphatic heterocycles. The van der Waals surface area contributed by atoms with Crippen molar-refractivity contribution in [2.45, 2.75) is 36.0 Å². The van der Waals surface area contributed by atoms with Crippen LogP contribution < -0.4 is 5.32 Å². The third-order valence-corrected chi connectivity index (χ3v) is 8.28. The number of benzene rings is 2. The summed E-state index contributed by atoms with van der Waals surface area (Å²) in [6, 6.07) is 12.4. The maximum Gasteiger partial charge on any atom is 0.339 e. The molecule has 3 rings (SSSR count). The van der Waals surface area contributed by atoms with Crippen LogP contribution in [0.4, 0.5) is 5.69 Å². The zero-order valence-corrected chi connectivity index (χ0v) is 19.4. The average molecular weight is 479 g/mol. The number of amides is 1. The maximum atomic E-state index is 12.8. The quantitative estimate of drug-likeness (QED) is 0.584. The molecule has 0 spiro atoms. The Labute approximate surface area is 190 Å². The first-order valence-electron chi connectivity index (χ1n) is 10.4. The van der Waals surface area contributed by atoms with Crippen LogP contribution in [-0.4, -0.2) is 54.3 Å². The minimum Gasteiger partial charge on any atom is -0.452 e. The van der Waals surface area contributed by atoms with Gasteiger partial charge in [0.05, 0.1) is 26.2 Å². The number of esters is 1. The zero-order valence-electron chi connectivity index (χ0n) is 17.8. The maximum absolute atomic E-state index is 12.8. The molecule has 0 aliphatic carbocycles. The number of hydrogen-bond donors (Lipinski definition) is 1. The lowest BCUT2D eigenvalue weighted by Crippen LogP contribution is -2.35. The third-order valence-electron chi connectivity index (χ3n) is 5.02. The van der Waals surface area contributed by atoms with Gasteiger partial charge >= 0.3 is 5.97 Å². The van der Waals surface area contributed by atoms with Crippen molar-refractivity contribution in [3.8, 4) is 0 Å². The molecule has 1 fully saturated rings. The monoisotopic (exact) mass is 478 g/mol. The number of rotatable bonds is 8. The molecule has 1 aliphatic rings. The van der Waals surface area contributed by atoms with Crippen molar-refractivity contribution in [2.75, 3.05) is 30.8 Å². The molecule has 2 aromatic carbocycles. The summed E-state index contributed by atoms with van der Waals surface area (Å²) in [5.74, 6) is -1.01. The molecular weight excluding hydrogens is 452 g/mol. The van der Waals surface area contributed by atoms with E-state index >= 15 is 0 Å². The fraction of sp³-hybridized carbons (Fsp3) is 0.364. The van der Waals surface area contributed by atoms with Gasteiger partial charge in [-0.15, -0.1) is 0 Å². The zero-order chi connectivity index (χ0) is 23.1. The molecule has 1 N–H and O–H groups in total. The van der Waals surface area contributed by atoms with Crippen molar-refractivity contribution in [1.82, 2.24) is 4.31 Å². The van der Waals surface area contributed by atoms with Crippen LogP contribution in [0.15, 0.2) is 58.3 Å². The van der Waals surface area contributed by atoms with Gasteiger partial charge in [0, 0.05) is 24.5 Å². The Morgan fingerprint density at radius 1 is 1.06 bits per heavy atom. The Bertz CT molecular complexity index is 1110. The molecule has 1 amide bonds. The second kappa shape index (κ2) is 10.8. The van der Waals surface area contributed by atoms with Gasteiger partial charge in [-0.2, -0.15) is 4.31 Å². The number of anilines is 1. The van der Waals surface area contributed by atoms with Gasteiger partial charge in [-0.3, -0.25) is 9.00 Å². The van der Waals surface area contributed by atoms with Crippen LogP contribution in [0.2, 0.25) is 0 Å². The molecule has 0 unspecified atom stereocenters. The van der Waals surface area contributed by atoms with E-state index in [1.165, 1.54) is 22.5 Å². The normalized spacial score (nSPS) is 15.7. The Morgan fingerprint density at radius 2 is 1.78 bits per heavy atom. The molecular formula is C22H26N2O6S2. The van der Waals surface area contributed by atoms with Crippen molar-refractivity contribution in [3.05, 3.63) is 54.1 Å². The van der Waals surface area contributed by atoms with Crippen molar-refractivity contribution in [2.24, 2.45) is 0 Å².